The van der Waals surface area contributed by atoms with E-state index in [1.807, 2.05) is 30.3 Å². The summed E-state index contributed by atoms with van der Waals surface area (Å²) in [4.78, 5) is 12.9. The molecule has 2 aromatic carbocycles. The molecule has 0 amide bonds. The molecule has 1 atom stereocenters. The van der Waals surface area contributed by atoms with Crippen molar-refractivity contribution in [2.45, 2.75) is 51.7 Å². The van der Waals surface area contributed by atoms with Crippen LogP contribution in [0.3, 0.4) is 0 Å². The van der Waals surface area contributed by atoms with Gasteiger partial charge in [-0.25, -0.2) is 0 Å². The minimum Gasteiger partial charge on any atom is -0.468 e. The van der Waals surface area contributed by atoms with Crippen molar-refractivity contribution in [3.05, 3.63) is 71.4 Å². The minimum atomic E-state index is -1.87. The van der Waals surface area contributed by atoms with Crippen LogP contribution in [-0.2, 0) is 9.53 Å². The maximum absolute atomic E-state index is 12.9. The Balaban J connectivity index is 2.34. The first-order valence-corrected chi connectivity index (χ1v) is 12.8. The molecular formula is C24H31NO2Si. The highest BCUT2D eigenvalue weighted by Gasteiger charge is 2.39. The summed E-state index contributed by atoms with van der Waals surface area (Å²) < 4.78 is 7.69. The molecule has 0 radical (unpaired) electrons. The van der Waals surface area contributed by atoms with Crippen molar-refractivity contribution in [2.24, 2.45) is 0 Å². The van der Waals surface area contributed by atoms with Gasteiger partial charge in [0, 0.05) is 17.1 Å². The lowest BCUT2D eigenvalue weighted by atomic mass is 9.91. The molecule has 3 rings (SSSR count). The monoisotopic (exact) mass is 393 g/mol. The van der Waals surface area contributed by atoms with Crippen molar-refractivity contribution in [1.29, 1.82) is 0 Å². The van der Waals surface area contributed by atoms with Crippen LogP contribution >= 0.6 is 0 Å². The van der Waals surface area contributed by atoms with Gasteiger partial charge in [0.2, 0.25) is 0 Å². The van der Waals surface area contributed by atoms with Gasteiger partial charge in [0.25, 0.3) is 0 Å². The number of esters is 1. The van der Waals surface area contributed by atoms with Crippen LogP contribution in [-0.4, -0.2) is 25.5 Å². The van der Waals surface area contributed by atoms with Gasteiger partial charge in [0.15, 0.2) is 8.24 Å². The number of benzene rings is 2. The number of fused-ring (bicyclic) bond motifs is 1. The summed E-state index contributed by atoms with van der Waals surface area (Å²) in [6.07, 6.45) is 2.22. The molecule has 0 fully saturated rings. The lowest BCUT2D eigenvalue weighted by molar-refractivity contribution is -0.141. The molecule has 28 heavy (non-hydrogen) atoms. The molecule has 0 saturated heterocycles. The fraction of sp³-hybridized carbons (Fsp3) is 0.375. The highest BCUT2D eigenvalue weighted by molar-refractivity contribution is 6.79. The van der Waals surface area contributed by atoms with Gasteiger partial charge >= 0.3 is 5.97 Å². The van der Waals surface area contributed by atoms with Gasteiger partial charge in [-0.1, -0.05) is 75.8 Å². The van der Waals surface area contributed by atoms with Crippen LogP contribution in [0.5, 0.6) is 0 Å². The molecule has 0 aliphatic carbocycles. The van der Waals surface area contributed by atoms with E-state index in [-0.39, 0.29) is 11.0 Å². The van der Waals surface area contributed by atoms with E-state index in [4.69, 9.17) is 4.74 Å². The Morgan fingerprint density at radius 3 is 2.29 bits per heavy atom. The Morgan fingerprint density at radius 1 is 1.07 bits per heavy atom. The number of carbonyl (C=O) groups is 1. The first kappa shape index (κ1) is 20.4. The second kappa shape index (κ2) is 7.25. The van der Waals surface area contributed by atoms with Crippen LogP contribution in [0.1, 0.15) is 43.4 Å². The van der Waals surface area contributed by atoms with E-state index in [1.165, 1.54) is 18.2 Å². The van der Waals surface area contributed by atoms with Crippen molar-refractivity contribution in [2.75, 3.05) is 7.11 Å². The molecule has 4 heteroatoms. The normalized spacial score (nSPS) is 13.5. The summed E-state index contributed by atoms with van der Waals surface area (Å²) in [5, 5.41) is 1.32. The molecule has 1 heterocycles. The molecule has 3 aromatic rings. The van der Waals surface area contributed by atoms with Crippen molar-refractivity contribution in [1.82, 2.24) is 4.23 Å². The summed E-state index contributed by atoms with van der Waals surface area (Å²) in [6, 6.07) is 16.5. The van der Waals surface area contributed by atoms with E-state index in [1.54, 1.807) is 0 Å². The molecule has 0 N–H and O–H groups in total. The third-order valence-electron chi connectivity index (χ3n) is 6.31. The van der Waals surface area contributed by atoms with Gasteiger partial charge in [0.1, 0.15) is 5.92 Å². The Bertz CT molecular complexity index is 997. The second-order valence-corrected chi connectivity index (χ2v) is 14.3. The van der Waals surface area contributed by atoms with Crippen molar-refractivity contribution < 1.29 is 9.53 Å². The molecule has 0 spiro atoms. The van der Waals surface area contributed by atoms with Crippen LogP contribution in [0.4, 0.5) is 0 Å². The molecule has 1 unspecified atom stereocenters. The zero-order valence-corrected chi connectivity index (χ0v) is 19.0. The number of aryl methyl sites for hydroxylation is 1. The van der Waals surface area contributed by atoms with Crippen LogP contribution < -0.4 is 0 Å². The van der Waals surface area contributed by atoms with Gasteiger partial charge in [-0.2, -0.15) is 0 Å². The number of rotatable bonds is 4. The Kier molecular flexibility index (Phi) is 5.28. The number of aromatic nitrogens is 1. The van der Waals surface area contributed by atoms with Crippen LogP contribution in [0.2, 0.25) is 18.1 Å². The van der Waals surface area contributed by atoms with Crippen molar-refractivity contribution >= 4 is 25.1 Å². The van der Waals surface area contributed by atoms with Gasteiger partial charge in [-0.05, 0) is 35.2 Å². The van der Waals surface area contributed by atoms with Crippen LogP contribution in [0, 0.1) is 6.92 Å². The molecule has 1 aromatic heterocycles. The van der Waals surface area contributed by atoms with E-state index >= 15 is 0 Å². The standard InChI is InChI=1S/C24H31NO2Si/c1-17-13-14-21-19(15-17)20(16-25(21)28(6,7)24(2,3)4)22(23(26)27-5)18-11-9-8-10-12-18/h8-16,22H,1-7H3. The predicted molar refractivity (Wildman–Crippen MR) is 120 cm³/mol. The zero-order chi connectivity index (χ0) is 20.7. The number of methoxy groups -OCH3 is 1. The number of hydrogen-bond donors (Lipinski definition) is 0. The third-order valence-corrected chi connectivity index (χ3v) is 11.6. The number of hydrogen-bond acceptors (Lipinski definition) is 2. The highest BCUT2D eigenvalue weighted by atomic mass is 28.3. The number of ether oxygens (including phenoxy) is 1. The van der Waals surface area contributed by atoms with Gasteiger partial charge in [-0.3, -0.25) is 4.79 Å². The molecule has 0 bridgehead atoms. The smallest absolute Gasteiger partial charge is 0.317 e. The summed E-state index contributed by atoms with van der Waals surface area (Å²) in [7, 11) is -0.400. The largest absolute Gasteiger partial charge is 0.468 e. The van der Waals surface area contributed by atoms with E-state index in [0.29, 0.717) is 0 Å². The summed E-state index contributed by atoms with van der Waals surface area (Å²) in [5.41, 5.74) is 4.39. The fourth-order valence-electron chi connectivity index (χ4n) is 3.63. The van der Waals surface area contributed by atoms with Gasteiger partial charge in [0.05, 0.1) is 7.11 Å². The topological polar surface area (TPSA) is 31.2 Å². The predicted octanol–water partition coefficient (Wildman–Crippen LogP) is 6.11. The first-order chi connectivity index (χ1) is 13.1. The SMILES string of the molecule is COC(=O)C(c1ccccc1)c1cn([Si](C)(C)C(C)(C)C)c2ccc(C)cc12. The Morgan fingerprint density at radius 2 is 1.71 bits per heavy atom. The summed E-state index contributed by atoms with van der Waals surface area (Å²) in [5.74, 6) is -0.650. The molecule has 3 nitrogen and oxygen atoms in total. The van der Waals surface area contributed by atoms with Gasteiger partial charge < -0.3 is 8.97 Å². The van der Waals surface area contributed by atoms with Gasteiger partial charge in [-0.15, -0.1) is 0 Å². The summed E-state index contributed by atoms with van der Waals surface area (Å²) >= 11 is 0. The minimum absolute atomic E-state index is 0.175. The van der Waals surface area contributed by atoms with E-state index in [2.05, 4.69) is 69.4 Å². The van der Waals surface area contributed by atoms with E-state index in [0.717, 1.165) is 16.5 Å². The molecular weight excluding hydrogens is 362 g/mol. The Hall–Kier alpha value is -2.33. The maximum Gasteiger partial charge on any atom is 0.317 e. The summed E-state index contributed by atoms with van der Waals surface area (Å²) in [6.45, 7) is 13.8. The average Bonchev–Trinajstić information content (AvgIpc) is 3.01. The average molecular weight is 394 g/mol. The maximum atomic E-state index is 12.9. The quantitative estimate of drug-likeness (QED) is 0.396. The van der Waals surface area contributed by atoms with E-state index < -0.39 is 14.2 Å². The third kappa shape index (κ3) is 3.42. The lowest BCUT2D eigenvalue weighted by Gasteiger charge is -2.38. The lowest BCUT2D eigenvalue weighted by Crippen LogP contribution is -2.44. The second-order valence-electron chi connectivity index (χ2n) is 9.15. The number of nitrogens with zero attached hydrogens (tertiary/aromatic N) is 1. The fourth-order valence-corrected chi connectivity index (χ4v) is 5.61. The zero-order valence-electron chi connectivity index (χ0n) is 18.0. The molecule has 0 aliphatic rings. The van der Waals surface area contributed by atoms with Crippen LogP contribution in [0.15, 0.2) is 54.7 Å². The highest BCUT2D eigenvalue weighted by Crippen LogP contribution is 2.42. The van der Waals surface area contributed by atoms with Crippen LogP contribution in [0.25, 0.3) is 10.9 Å². The van der Waals surface area contributed by atoms with Crippen molar-refractivity contribution in [3.63, 3.8) is 0 Å². The van der Waals surface area contributed by atoms with E-state index in [9.17, 15) is 4.79 Å². The molecule has 0 saturated carbocycles. The number of carbonyl (C=O) groups excluding carboxylic acids is 1. The van der Waals surface area contributed by atoms with Crippen molar-refractivity contribution in [3.8, 4) is 0 Å². The molecule has 148 valence electrons. The Labute approximate surface area is 169 Å². The molecule has 0 aliphatic heterocycles. The first-order valence-electron chi connectivity index (χ1n) is 9.83.